The first kappa shape index (κ1) is 14.5. The fourth-order valence-electron chi connectivity index (χ4n) is 2.47. The van der Waals surface area contributed by atoms with Crippen molar-refractivity contribution in [3.05, 3.63) is 57.4 Å². The van der Waals surface area contributed by atoms with Crippen molar-refractivity contribution >= 4 is 0 Å². The Labute approximate surface area is 120 Å². The Morgan fingerprint density at radius 3 is 2.55 bits per heavy atom. The average Bonchev–Trinajstić information content (AvgIpc) is 2.44. The van der Waals surface area contributed by atoms with Crippen LogP contribution in [0.2, 0.25) is 0 Å². The van der Waals surface area contributed by atoms with Crippen molar-refractivity contribution in [3.8, 4) is 11.3 Å². The SMILES string of the molecule is CCCn1c(-c2cc(C)ccc2C)ccc(CN)c1=O. The smallest absolute Gasteiger partial charge is 0.255 e. The quantitative estimate of drug-likeness (QED) is 0.928. The van der Waals surface area contributed by atoms with Gasteiger partial charge in [-0.25, -0.2) is 0 Å². The molecule has 0 radical (unpaired) electrons. The van der Waals surface area contributed by atoms with E-state index in [9.17, 15) is 4.79 Å². The molecule has 0 fully saturated rings. The molecule has 0 aliphatic carbocycles. The lowest BCUT2D eigenvalue weighted by Crippen LogP contribution is -2.26. The molecule has 0 aliphatic rings. The molecule has 1 aromatic heterocycles. The summed E-state index contributed by atoms with van der Waals surface area (Å²) in [6.07, 6.45) is 0.922. The maximum atomic E-state index is 12.5. The van der Waals surface area contributed by atoms with Crippen molar-refractivity contribution < 1.29 is 0 Å². The second-order valence-corrected chi connectivity index (χ2v) is 5.22. The predicted molar refractivity (Wildman–Crippen MR) is 83.8 cm³/mol. The van der Waals surface area contributed by atoms with Gasteiger partial charge >= 0.3 is 0 Å². The maximum absolute atomic E-state index is 12.5. The first-order valence-electron chi connectivity index (χ1n) is 7.09. The van der Waals surface area contributed by atoms with Crippen LogP contribution < -0.4 is 11.3 Å². The molecule has 3 nitrogen and oxygen atoms in total. The van der Waals surface area contributed by atoms with Crippen LogP contribution in [0.15, 0.2) is 35.1 Å². The Hall–Kier alpha value is -1.87. The number of benzene rings is 1. The Morgan fingerprint density at radius 2 is 1.90 bits per heavy atom. The Bertz CT molecular complexity index is 671. The van der Waals surface area contributed by atoms with Crippen LogP contribution in [0.5, 0.6) is 0 Å². The van der Waals surface area contributed by atoms with Crippen LogP contribution in [-0.2, 0) is 13.1 Å². The average molecular weight is 270 g/mol. The van der Waals surface area contributed by atoms with Gasteiger partial charge in [0.2, 0.25) is 0 Å². The van der Waals surface area contributed by atoms with Crippen LogP contribution in [0.1, 0.15) is 30.0 Å². The summed E-state index contributed by atoms with van der Waals surface area (Å²) in [6.45, 7) is 7.23. The number of nitrogens with two attached hydrogens (primary N) is 1. The number of rotatable bonds is 4. The van der Waals surface area contributed by atoms with E-state index in [2.05, 4.69) is 39.0 Å². The second kappa shape index (κ2) is 6.06. The van der Waals surface area contributed by atoms with Crippen LogP contribution in [0.25, 0.3) is 11.3 Å². The molecular weight excluding hydrogens is 248 g/mol. The minimum absolute atomic E-state index is 0.0350. The minimum atomic E-state index is 0.0350. The number of hydrogen-bond acceptors (Lipinski definition) is 2. The van der Waals surface area contributed by atoms with Gasteiger partial charge in [-0.1, -0.05) is 30.7 Å². The summed E-state index contributed by atoms with van der Waals surface area (Å²) in [7, 11) is 0. The van der Waals surface area contributed by atoms with Crippen molar-refractivity contribution in [3.63, 3.8) is 0 Å². The zero-order chi connectivity index (χ0) is 14.7. The van der Waals surface area contributed by atoms with Gasteiger partial charge < -0.3 is 10.3 Å². The normalized spacial score (nSPS) is 10.8. The number of aromatic nitrogens is 1. The number of aryl methyl sites for hydroxylation is 2. The second-order valence-electron chi connectivity index (χ2n) is 5.22. The van der Waals surface area contributed by atoms with Gasteiger partial charge in [-0.3, -0.25) is 4.79 Å². The van der Waals surface area contributed by atoms with Gasteiger partial charge in [0.15, 0.2) is 0 Å². The van der Waals surface area contributed by atoms with E-state index >= 15 is 0 Å². The third kappa shape index (κ3) is 2.68. The third-order valence-electron chi connectivity index (χ3n) is 3.59. The van der Waals surface area contributed by atoms with E-state index in [0.717, 1.165) is 24.2 Å². The maximum Gasteiger partial charge on any atom is 0.255 e. The molecule has 0 amide bonds. The molecule has 0 saturated heterocycles. The van der Waals surface area contributed by atoms with Gasteiger partial charge in [-0.05, 0) is 38.0 Å². The van der Waals surface area contributed by atoms with E-state index in [4.69, 9.17) is 5.73 Å². The summed E-state index contributed by atoms with van der Waals surface area (Å²) in [6, 6.07) is 10.2. The highest BCUT2D eigenvalue weighted by Gasteiger charge is 2.11. The van der Waals surface area contributed by atoms with Crippen LogP contribution in [0, 0.1) is 13.8 Å². The first-order valence-corrected chi connectivity index (χ1v) is 7.09. The Morgan fingerprint density at radius 1 is 1.15 bits per heavy atom. The van der Waals surface area contributed by atoms with Crippen molar-refractivity contribution in [2.24, 2.45) is 5.73 Å². The van der Waals surface area contributed by atoms with Crippen molar-refractivity contribution in [1.29, 1.82) is 0 Å². The fraction of sp³-hybridized carbons (Fsp3) is 0.353. The van der Waals surface area contributed by atoms with E-state index in [1.54, 1.807) is 0 Å². The highest BCUT2D eigenvalue weighted by molar-refractivity contribution is 5.65. The Kier molecular flexibility index (Phi) is 4.40. The summed E-state index contributed by atoms with van der Waals surface area (Å²) in [5.74, 6) is 0. The first-order chi connectivity index (χ1) is 9.58. The molecule has 1 heterocycles. The molecule has 3 heteroatoms. The van der Waals surface area contributed by atoms with Crippen molar-refractivity contribution in [2.45, 2.75) is 40.3 Å². The molecule has 106 valence electrons. The number of pyridine rings is 1. The van der Waals surface area contributed by atoms with E-state index in [-0.39, 0.29) is 12.1 Å². The van der Waals surface area contributed by atoms with Crippen molar-refractivity contribution in [1.82, 2.24) is 4.57 Å². The standard InChI is InChI=1S/C17H22N2O/c1-4-9-19-16(8-7-14(11-18)17(19)20)15-10-12(2)5-6-13(15)3/h5-8,10H,4,9,11,18H2,1-3H3. The van der Waals surface area contributed by atoms with Crippen LogP contribution >= 0.6 is 0 Å². The zero-order valence-corrected chi connectivity index (χ0v) is 12.4. The predicted octanol–water partition coefficient (Wildman–Crippen LogP) is 3.00. The number of nitrogens with zero attached hydrogens (tertiary/aromatic N) is 1. The molecule has 1 aromatic carbocycles. The molecule has 0 atom stereocenters. The minimum Gasteiger partial charge on any atom is -0.326 e. The summed E-state index contributed by atoms with van der Waals surface area (Å²) in [5, 5.41) is 0. The molecule has 0 saturated carbocycles. The van der Waals surface area contributed by atoms with Gasteiger partial charge in [-0.15, -0.1) is 0 Å². The lowest BCUT2D eigenvalue weighted by molar-refractivity contribution is 0.653. The van der Waals surface area contributed by atoms with E-state index in [1.165, 1.54) is 11.1 Å². The summed E-state index contributed by atoms with van der Waals surface area (Å²) in [5.41, 5.74) is 10.8. The van der Waals surface area contributed by atoms with Crippen molar-refractivity contribution in [2.75, 3.05) is 0 Å². The highest BCUT2D eigenvalue weighted by Crippen LogP contribution is 2.24. The topological polar surface area (TPSA) is 48.0 Å². The summed E-state index contributed by atoms with van der Waals surface area (Å²) >= 11 is 0. The molecule has 20 heavy (non-hydrogen) atoms. The van der Waals surface area contributed by atoms with Crippen LogP contribution in [0.3, 0.4) is 0 Å². The molecule has 2 rings (SSSR count). The lowest BCUT2D eigenvalue weighted by atomic mass is 10.0. The summed E-state index contributed by atoms with van der Waals surface area (Å²) in [4.78, 5) is 12.5. The fourth-order valence-corrected chi connectivity index (χ4v) is 2.47. The molecule has 2 aromatic rings. The van der Waals surface area contributed by atoms with Crippen LogP contribution in [0.4, 0.5) is 0 Å². The van der Waals surface area contributed by atoms with E-state index < -0.39 is 0 Å². The molecule has 0 aliphatic heterocycles. The molecule has 0 unspecified atom stereocenters. The molecular formula is C17H22N2O. The number of hydrogen-bond donors (Lipinski definition) is 1. The highest BCUT2D eigenvalue weighted by atomic mass is 16.1. The monoisotopic (exact) mass is 270 g/mol. The largest absolute Gasteiger partial charge is 0.326 e. The Balaban J connectivity index is 2.70. The molecule has 2 N–H and O–H groups in total. The zero-order valence-electron chi connectivity index (χ0n) is 12.4. The third-order valence-corrected chi connectivity index (χ3v) is 3.59. The van der Waals surface area contributed by atoms with Crippen LogP contribution in [-0.4, -0.2) is 4.57 Å². The van der Waals surface area contributed by atoms with Gasteiger partial charge in [0.05, 0.1) is 5.69 Å². The van der Waals surface area contributed by atoms with E-state index in [0.29, 0.717) is 5.56 Å². The van der Waals surface area contributed by atoms with Gasteiger partial charge in [0, 0.05) is 24.2 Å². The van der Waals surface area contributed by atoms with Gasteiger partial charge in [-0.2, -0.15) is 0 Å². The van der Waals surface area contributed by atoms with Gasteiger partial charge in [0.25, 0.3) is 5.56 Å². The lowest BCUT2D eigenvalue weighted by Gasteiger charge is -2.16. The van der Waals surface area contributed by atoms with Gasteiger partial charge in [0.1, 0.15) is 0 Å². The molecule has 0 bridgehead atoms. The molecule has 0 spiro atoms. The van der Waals surface area contributed by atoms with E-state index in [1.807, 2.05) is 16.7 Å². The summed E-state index contributed by atoms with van der Waals surface area (Å²) < 4.78 is 1.85.